The van der Waals surface area contributed by atoms with E-state index in [1.165, 1.54) is 6.92 Å². The topological polar surface area (TPSA) is 61.4 Å². The summed E-state index contributed by atoms with van der Waals surface area (Å²) in [5, 5.41) is 15.7. The SMILES string of the molecule is CC(=O)Nc1ccc(CNCC(O)CC(C)C)cc1. The summed E-state index contributed by atoms with van der Waals surface area (Å²) in [5.74, 6) is 0.441. The number of hydrogen-bond donors (Lipinski definition) is 3. The molecule has 0 saturated heterocycles. The molecule has 0 aliphatic heterocycles. The zero-order chi connectivity index (χ0) is 14.3. The number of benzene rings is 1. The van der Waals surface area contributed by atoms with Gasteiger partial charge >= 0.3 is 0 Å². The van der Waals surface area contributed by atoms with E-state index in [9.17, 15) is 9.90 Å². The van der Waals surface area contributed by atoms with E-state index in [2.05, 4.69) is 24.5 Å². The number of rotatable bonds is 7. The fraction of sp³-hybridized carbons (Fsp3) is 0.533. The maximum absolute atomic E-state index is 10.9. The van der Waals surface area contributed by atoms with Gasteiger partial charge in [0, 0.05) is 25.7 Å². The molecule has 4 nitrogen and oxygen atoms in total. The van der Waals surface area contributed by atoms with Crippen molar-refractivity contribution >= 4 is 11.6 Å². The summed E-state index contributed by atoms with van der Waals surface area (Å²) < 4.78 is 0. The molecule has 106 valence electrons. The number of amides is 1. The van der Waals surface area contributed by atoms with Gasteiger partial charge in [-0.25, -0.2) is 0 Å². The summed E-state index contributed by atoms with van der Waals surface area (Å²) in [5.41, 5.74) is 1.93. The van der Waals surface area contributed by atoms with Crippen LogP contribution in [0.15, 0.2) is 24.3 Å². The third-order valence-electron chi connectivity index (χ3n) is 2.73. The van der Waals surface area contributed by atoms with Gasteiger partial charge in [-0.05, 0) is 30.0 Å². The molecule has 0 aliphatic carbocycles. The molecule has 0 aliphatic rings. The van der Waals surface area contributed by atoms with Gasteiger partial charge in [-0.3, -0.25) is 4.79 Å². The standard InChI is InChI=1S/C15H24N2O2/c1-11(2)8-15(19)10-16-9-13-4-6-14(7-5-13)17-12(3)18/h4-7,11,15-16,19H,8-10H2,1-3H3,(H,17,18). The molecule has 0 bridgehead atoms. The summed E-state index contributed by atoms with van der Waals surface area (Å²) >= 11 is 0. The Morgan fingerprint density at radius 3 is 2.42 bits per heavy atom. The fourth-order valence-electron chi connectivity index (χ4n) is 1.92. The van der Waals surface area contributed by atoms with Crippen molar-refractivity contribution in [3.8, 4) is 0 Å². The van der Waals surface area contributed by atoms with Crippen LogP contribution in [0.5, 0.6) is 0 Å². The van der Waals surface area contributed by atoms with E-state index in [0.717, 1.165) is 24.2 Å². The van der Waals surface area contributed by atoms with E-state index in [-0.39, 0.29) is 12.0 Å². The van der Waals surface area contributed by atoms with Gasteiger partial charge in [-0.2, -0.15) is 0 Å². The molecule has 1 unspecified atom stereocenters. The second-order valence-corrected chi connectivity index (χ2v) is 5.29. The van der Waals surface area contributed by atoms with E-state index in [0.29, 0.717) is 12.5 Å². The second-order valence-electron chi connectivity index (χ2n) is 5.29. The number of nitrogens with one attached hydrogen (secondary N) is 2. The van der Waals surface area contributed by atoms with E-state index >= 15 is 0 Å². The predicted octanol–water partition coefficient (Wildman–Crippen LogP) is 2.14. The Morgan fingerprint density at radius 2 is 1.89 bits per heavy atom. The quantitative estimate of drug-likeness (QED) is 0.707. The van der Waals surface area contributed by atoms with E-state index in [1.807, 2.05) is 24.3 Å². The van der Waals surface area contributed by atoms with Crippen LogP contribution < -0.4 is 10.6 Å². The Balaban J connectivity index is 2.31. The molecule has 3 N–H and O–H groups in total. The van der Waals surface area contributed by atoms with E-state index in [1.54, 1.807) is 0 Å². The van der Waals surface area contributed by atoms with Crippen LogP contribution in [0.1, 0.15) is 32.8 Å². The molecule has 0 heterocycles. The summed E-state index contributed by atoms with van der Waals surface area (Å²) in [6.07, 6.45) is 0.521. The maximum Gasteiger partial charge on any atom is 0.221 e. The van der Waals surface area contributed by atoms with Gasteiger partial charge < -0.3 is 15.7 Å². The average molecular weight is 264 g/mol. The maximum atomic E-state index is 10.9. The van der Waals surface area contributed by atoms with Crippen LogP contribution in [0.4, 0.5) is 5.69 Å². The lowest BCUT2D eigenvalue weighted by molar-refractivity contribution is -0.114. The number of hydrogen-bond acceptors (Lipinski definition) is 3. The van der Waals surface area contributed by atoms with E-state index < -0.39 is 0 Å². The molecule has 1 rings (SSSR count). The normalized spacial score (nSPS) is 12.5. The molecule has 0 radical (unpaired) electrons. The first-order valence-electron chi connectivity index (χ1n) is 6.72. The Bertz CT molecular complexity index is 388. The molecular weight excluding hydrogens is 240 g/mol. The lowest BCUT2D eigenvalue weighted by atomic mass is 10.1. The number of carbonyl (C=O) groups is 1. The summed E-state index contributed by atoms with van der Waals surface area (Å²) in [4.78, 5) is 10.9. The van der Waals surface area contributed by atoms with Crippen molar-refractivity contribution in [2.24, 2.45) is 5.92 Å². The van der Waals surface area contributed by atoms with Crippen LogP contribution in [0.2, 0.25) is 0 Å². The van der Waals surface area contributed by atoms with Gasteiger partial charge in [-0.1, -0.05) is 26.0 Å². The molecule has 19 heavy (non-hydrogen) atoms. The molecule has 1 amide bonds. The monoisotopic (exact) mass is 264 g/mol. The average Bonchev–Trinajstić information content (AvgIpc) is 2.29. The van der Waals surface area contributed by atoms with Gasteiger partial charge in [0.1, 0.15) is 0 Å². The Kier molecular flexibility index (Phi) is 6.53. The lowest BCUT2D eigenvalue weighted by Crippen LogP contribution is -2.27. The highest BCUT2D eigenvalue weighted by Gasteiger charge is 2.06. The van der Waals surface area contributed by atoms with Crippen LogP contribution >= 0.6 is 0 Å². The number of aliphatic hydroxyl groups excluding tert-OH is 1. The van der Waals surface area contributed by atoms with Gasteiger partial charge in [0.05, 0.1) is 6.10 Å². The molecule has 0 spiro atoms. The summed E-state index contributed by atoms with van der Waals surface area (Å²) in [7, 11) is 0. The minimum atomic E-state index is -0.293. The predicted molar refractivity (Wildman–Crippen MR) is 77.9 cm³/mol. The van der Waals surface area contributed by atoms with Crippen molar-refractivity contribution in [1.82, 2.24) is 5.32 Å². The van der Waals surface area contributed by atoms with Crippen molar-refractivity contribution in [2.45, 2.75) is 39.8 Å². The highest BCUT2D eigenvalue weighted by atomic mass is 16.3. The molecule has 0 saturated carbocycles. The van der Waals surface area contributed by atoms with Gasteiger partial charge in [0.15, 0.2) is 0 Å². The van der Waals surface area contributed by atoms with Gasteiger partial charge in [0.2, 0.25) is 5.91 Å². The number of aliphatic hydroxyl groups is 1. The Hall–Kier alpha value is -1.39. The fourth-order valence-corrected chi connectivity index (χ4v) is 1.92. The molecule has 4 heteroatoms. The summed E-state index contributed by atoms with van der Waals surface area (Å²) in [6, 6.07) is 7.69. The smallest absolute Gasteiger partial charge is 0.221 e. The third kappa shape index (κ3) is 6.94. The van der Waals surface area contributed by atoms with Crippen molar-refractivity contribution in [3.63, 3.8) is 0 Å². The first-order valence-corrected chi connectivity index (χ1v) is 6.72. The zero-order valence-electron chi connectivity index (χ0n) is 11.9. The second kappa shape index (κ2) is 7.92. The Morgan fingerprint density at radius 1 is 1.26 bits per heavy atom. The molecule has 1 atom stereocenters. The Labute approximate surface area is 115 Å². The van der Waals surface area contributed by atoms with Crippen LogP contribution in [-0.2, 0) is 11.3 Å². The van der Waals surface area contributed by atoms with Crippen molar-refractivity contribution in [1.29, 1.82) is 0 Å². The van der Waals surface area contributed by atoms with Crippen LogP contribution in [-0.4, -0.2) is 23.7 Å². The van der Waals surface area contributed by atoms with Crippen molar-refractivity contribution in [3.05, 3.63) is 29.8 Å². The minimum absolute atomic E-state index is 0.0670. The molecule has 1 aromatic rings. The highest BCUT2D eigenvalue weighted by Crippen LogP contribution is 2.09. The minimum Gasteiger partial charge on any atom is -0.392 e. The van der Waals surface area contributed by atoms with Crippen LogP contribution in [0.25, 0.3) is 0 Å². The number of carbonyl (C=O) groups excluding carboxylic acids is 1. The first-order chi connectivity index (χ1) is 8.97. The molecule has 1 aromatic carbocycles. The zero-order valence-corrected chi connectivity index (χ0v) is 11.9. The lowest BCUT2D eigenvalue weighted by Gasteiger charge is -2.14. The van der Waals surface area contributed by atoms with Gasteiger partial charge in [-0.15, -0.1) is 0 Å². The highest BCUT2D eigenvalue weighted by molar-refractivity contribution is 5.88. The third-order valence-corrected chi connectivity index (χ3v) is 2.73. The van der Waals surface area contributed by atoms with Crippen LogP contribution in [0, 0.1) is 5.92 Å². The van der Waals surface area contributed by atoms with Crippen LogP contribution in [0.3, 0.4) is 0 Å². The molecule has 0 fully saturated rings. The molecule has 0 aromatic heterocycles. The summed E-state index contributed by atoms with van der Waals surface area (Å²) in [6.45, 7) is 7.01. The molecular formula is C15H24N2O2. The first kappa shape index (κ1) is 15.7. The number of anilines is 1. The van der Waals surface area contributed by atoms with Gasteiger partial charge in [0.25, 0.3) is 0 Å². The van der Waals surface area contributed by atoms with E-state index in [4.69, 9.17) is 0 Å². The largest absolute Gasteiger partial charge is 0.392 e. The van der Waals surface area contributed by atoms with Crippen molar-refractivity contribution in [2.75, 3.05) is 11.9 Å². The van der Waals surface area contributed by atoms with Crippen molar-refractivity contribution < 1.29 is 9.90 Å².